The van der Waals surface area contributed by atoms with Gasteiger partial charge in [0, 0.05) is 61.1 Å². The van der Waals surface area contributed by atoms with Crippen molar-refractivity contribution in [1.82, 2.24) is 19.9 Å². The first-order valence-corrected chi connectivity index (χ1v) is 8.65. The molecule has 1 aliphatic rings. The lowest BCUT2D eigenvalue weighted by Crippen LogP contribution is -2.52. The minimum Gasteiger partial charge on any atom is -0.338 e. The van der Waals surface area contributed by atoms with Crippen molar-refractivity contribution in [3.05, 3.63) is 55.1 Å². The van der Waals surface area contributed by atoms with Crippen molar-refractivity contribution >= 4 is 5.95 Å². The maximum atomic E-state index is 6.16. The first-order valence-electron chi connectivity index (χ1n) is 8.65. The molecule has 4 N–H and O–H groups in total. The summed E-state index contributed by atoms with van der Waals surface area (Å²) >= 11 is 0. The molecule has 3 aromatic heterocycles. The predicted octanol–water partition coefficient (Wildman–Crippen LogP) is 1.47. The second-order valence-electron chi connectivity index (χ2n) is 6.57. The van der Waals surface area contributed by atoms with Crippen LogP contribution in [0.3, 0.4) is 0 Å². The van der Waals surface area contributed by atoms with Gasteiger partial charge in [0.05, 0.1) is 11.4 Å². The van der Waals surface area contributed by atoms with Gasteiger partial charge in [-0.3, -0.25) is 9.97 Å². The summed E-state index contributed by atoms with van der Waals surface area (Å²) in [6.45, 7) is 1.40. The van der Waals surface area contributed by atoms with E-state index in [2.05, 4.69) is 14.9 Å². The van der Waals surface area contributed by atoms with Crippen LogP contribution in [0.25, 0.3) is 22.5 Å². The van der Waals surface area contributed by atoms with Crippen molar-refractivity contribution in [2.75, 3.05) is 18.0 Å². The number of hydrogen-bond acceptors (Lipinski definition) is 7. The van der Waals surface area contributed by atoms with E-state index < -0.39 is 0 Å². The predicted molar refractivity (Wildman–Crippen MR) is 101 cm³/mol. The second kappa shape index (κ2) is 7.15. The van der Waals surface area contributed by atoms with Crippen LogP contribution in [0.5, 0.6) is 0 Å². The summed E-state index contributed by atoms with van der Waals surface area (Å²) in [6.07, 6.45) is 7.86. The number of nitrogens with zero attached hydrogens (tertiary/aromatic N) is 5. The van der Waals surface area contributed by atoms with Gasteiger partial charge in [-0.05, 0) is 36.8 Å². The number of aromatic nitrogens is 4. The minimum absolute atomic E-state index is 0.0244. The summed E-state index contributed by atoms with van der Waals surface area (Å²) in [6, 6.07) is 9.80. The molecule has 1 saturated heterocycles. The monoisotopic (exact) mass is 347 g/mol. The molecular formula is C19H21N7. The van der Waals surface area contributed by atoms with Gasteiger partial charge in [0.2, 0.25) is 5.95 Å². The molecule has 4 rings (SSSR count). The van der Waals surface area contributed by atoms with E-state index in [1.165, 1.54) is 0 Å². The van der Waals surface area contributed by atoms with Crippen LogP contribution in [-0.2, 0) is 0 Å². The lowest BCUT2D eigenvalue weighted by Gasteiger charge is -2.34. The molecule has 0 spiro atoms. The van der Waals surface area contributed by atoms with Crippen molar-refractivity contribution in [1.29, 1.82) is 0 Å². The van der Waals surface area contributed by atoms with Crippen molar-refractivity contribution in [2.45, 2.75) is 18.5 Å². The SMILES string of the molecule is N[C@@H]1C[C@H](N)CN(c2nc(-c3ccncc3)cc(-c3ccncc3)n2)C1. The van der Waals surface area contributed by atoms with Crippen LogP contribution in [0.1, 0.15) is 6.42 Å². The van der Waals surface area contributed by atoms with E-state index in [1.807, 2.05) is 30.3 Å². The largest absolute Gasteiger partial charge is 0.338 e. The smallest absolute Gasteiger partial charge is 0.226 e. The maximum Gasteiger partial charge on any atom is 0.226 e. The van der Waals surface area contributed by atoms with Gasteiger partial charge in [-0.2, -0.15) is 0 Å². The Morgan fingerprint density at radius 2 is 1.23 bits per heavy atom. The first kappa shape index (κ1) is 16.6. The fourth-order valence-corrected chi connectivity index (χ4v) is 3.26. The molecule has 0 radical (unpaired) electrons. The molecule has 132 valence electrons. The van der Waals surface area contributed by atoms with Gasteiger partial charge in [-0.25, -0.2) is 9.97 Å². The van der Waals surface area contributed by atoms with Gasteiger partial charge in [-0.15, -0.1) is 0 Å². The zero-order valence-corrected chi connectivity index (χ0v) is 14.4. The van der Waals surface area contributed by atoms with E-state index in [4.69, 9.17) is 21.4 Å². The Morgan fingerprint density at radius 3 is 1.69 bits per heavy atom. The number of hydrogen-bond donors (Lipinski definition) is 2. The van der Waals surface area contributed by atoms with Gasteiger partial charge in [0.1, 0.15) is 0 Å². The summed E-state index contributed by atoms with van der Waals surface area (Å²) in [5.74, 6) is 0.650. The standard InChI is InChI=1S/C19H21N7/c20-15-9-16(21)12-26(11-15)19-24-17(13-1-5-22-6-2-13)10-18(25-19)14-3-7-23-8-4-14/h1-8,10,15-16H,9,11-12,20-21H2/t15-,16+. The molecule has 0 aliphatic carbocycles. The first-order chi connectivity index (χ1) is 12.7. The molecular weight excluding hydrogens is 326 g/mol. The van der Waals surface area contributed by atoms with E-state index in [1.54, 1.807) is 24.8 Å². The maximum absolute atomic E-state index is 6.16. The van der Waals surface area contributed by atoms with Crippen molar-refractivity contribution in [2.24, 2.45) is 11.5 Å². The van der Waals surface area contributed by atoms with Crippen LogP contribution < -0.4 is 16.4 Å². The Hall–Kier alpha value is -2.90. The van der Waals surface area contributed by atoms with E-state index in [9.17, 15) is 0 Å². The summed E-state index contributed by atoms with van der Waals surface area (Å²) in [5.41, 5.74) is 16.0. The highest BCUT2D eigenvalue weighted by molar-refractivity contribution is 5.69. The lowest BCUT2D eigenvalue weighted by atomic mass is 10.0. The third-order valence-corrected chi connectivity index (χ3v) is 4.46. The minimum atomic E-state index is 0.0244. The Kier molecular flexibility index (Phi) is 4.55. The molecule has 0 amide bonds. The molecule has 4 heterocycles. The average molecular weight is 347 g/mol. The quantitative estimate of drug-likeness (QED) is 0.738. The third kappa shape index (κ3) is 3.54. The summed E-state index contributed by atoms with van der Waals surface area (Å²) in [7, 11) is 0. The Balaban J connectivity index is 1.80. The molecule has 0 saturated carbocycles. The van der Waals surface area contributed by atoms with Gasteiger partial charge in [0.15, 0.2) is 0 Å². The Bertz CT molecular complexity index is 802. The Morgan fingerprint density at radius 1 is 0.769 bits per heavy atom. The van der Waals surface area contributed by atoms with Crippen LogP contribution in [0.4, 0.5) is 5.95 Å². The van der Waals surface area contributed by atoms with Crippen LogP contribution in [0.2, 0.25) is 0 Å². The zero-order chi connectivity index (χ0) is 17.9. The number of pyridine rings is 2. The molecule has 1 aliphatic heterocycles. The van der Waals surface area contributed by atoms with Gasteiger partial charge in [0.25, 0.3) is 0 Å². The van der Waals surface area contributed by atoms with Crippen LogP contribution >= 0.6 is 0 Å². The molecule has 0 aromatic carbocycles. The summed E-state index contributed by atoms with van der Waals surface area (Å²) < 4.78 is 0. The molecule has 7 nitrogen and oxygen atoms in total. The normalized spacial score (nSPS) is 20.2. The fourth-order valence-electron chi connectivity index (χ4n) is 3.26. The fraction of sp³-hybridized carbons (Fsp3) is 0.263. The average Bonchev–Trinajstić information content (AvgIpc) is 2.68. The van der Waals surface area contributed by atoms with E-state index in [-0.39, 0.29) is 12.1 Å². The van der Waals surface area contributed by atoms with E-state index >= 15 is 0 Å². The second-order valence-corrected chi connectivity index (χ2v) is 6.57. The molecule has 1 fully saturated rings. The molecule has 7 heteroatoms. The van der Waals surface area contributed by atoms with Crippen LogP contribution in [0.15, 0.2) is 55.1 Å². The number of nitrogens with two attached hydrogens (primary N) is 2. The summed E-state index contributed by atoms with van der Waals surface area (Å²) in [5, 5.41) is 0. The van der Waals surface area contributed by atoms with Gasteiger partial charge < -0.3 is 16.4 Å². The number of rotatable bonds is 3. The van der Waals surface area contributed by atoms with Gasteiger partial charge >= 0.3 is 0 Å². The number of piperidine rings is 1. The van der Waals surface area contributed by atoms with Crippen molar-refractivity contribution in [3.63, 3.8) is 0 Å². The zero-order valence-electron chi connectivity index (χ0n) is 14.4. The lowest BCUT2D eigenvalue weighted by molar-refractivity contribution is 0.447. The number of anilines is 1. The molecule has 26 heavy (non-hydrogen) atoms. The third-order valence-electron chi connectivity index (χ3n) is 4.46. The van der Waals surface area contributed by atoms with E-state index in [0.29, 0.717) is 19.0 Å². The topological polar surface area (TPSA) is 107 Å². The molecule has 2 atom stereocenters. The van der Waals surface area contributed by atoms with Crippen molar-refractivity contribution < 1.29 is 0 Å². The van der Waals surface area contributed by atoms with E-state index in [0.717, 1.165) is 28.9 Å². The van der Waals surface area contributed by atoms with Crippen LogP contribution in [0, 0.1) is 0 Å². The molecule has 3 aromatic rings. The highest BCUT2D eigenvalue weighted by atomic mass is 15.3. The van der Waals surface area contributed by atoms with Crippen molar-refractivity contribution in [3.8, 4) is 22.5 Å². The highest BCUT2D eigenvalue weighted by Gasteiger charge is 2.25. The molecule has 0 bridgehead atoms. The van der Waals surface area contributed by atoms with Gasteiger partial charge in [-0.1, -0.05) is 0 Å². The van der Waals surface area contributed by atoms with Crippen LogP contribution in [-0.4, -0.2) is 45.1 Å². The Labute approximate surface area is 152 Å². The highest BCUT2D eigenvalue weighted by Crippen LogP contribution is 2.26. The summed E-state index contributed by atoms with van der Waals surface area (Å²) in [4.78, 5) is 19.8. The molecule has 0 unspecified atom stereocenters.